The second-order valence-corrected chi connectivity index (χ2v) is 5.93. The molecular weight excluding hydrogens is 239 g/mol. The molecule has 1 aliphatic rings. The molecule has 1 nitrogen and oxygen atoms in total. The van der Waals surface area contributed by atoms with E-state index in [1.807, 2.05) is 20.8 Å². The molecule has 1 aliphatic heterocycles. The van der Waals surface area contributed by atoms with Gasteiger partial charge < -0.3 is 0 Å². The van der Waals surface area contributed by atoms with E-state index in [0.717, 1.165) is 0 Å². The Kier molecular flexibility index (Phi) is 3.18. The number of benzene rings is 1. The molecule has 2 rings (SSSR count). The number of nitrogens with zero attached hydrogens (tertiary/aromatic N) is 1. The van der Waals surface area contributed by atoms with Crippen LogP contribution in [0.1, 0.15) is 38.8 Å². The van der Waals surface area contributed by atoms with Crippen LogP contribution < -0.4 is 0 Å². The normalized spacial score (nSPS) is 24.4. The maximum Gasteiger partial charge on any atom is 0.262 e. The van der Waals surface area contributed by atoms with E-state index in [1.54, 1.807) is 17.0 Å². The Morgan fingerprint density at radius 2 is 1.94 bits per heavy atom. The average molecular weight is 257 g/mol. The average Bonchev–Trinajstić information content (AvgIpc) is 2.54. The lowest BCUT2D eigenvalue weighted by Crippen LogP contribution is -2.42. The van der Waals surface area contributed by atoms with Gasteiger partial charge in [-0.2, -0.15) is 0 Å². The largest absolute Gasteiger partial charge is 0.285 e. The van der Waals surface area contributed by atoms with Crippen LogP contribution in [-0.4, -0.2) is 22.9 Å². The van der Waals surface area contributed by atoms with Gasteiger partial charge in [0.25, 0.3) is 5.92 Å². The summed E-state index contributed by atoms with van der Waals surface area (Å²) in [6, 6.07) is 5.55. The van der Waals surface area contributed by atoms with Gasteiger partial charge in [0.05, 0.1) is 6.54 Å². The molecule has 0 N–H and O–H groups in total. The summed E-state index contributed by atoms with van der Waals surface area (Å²) in [6.07, 6.45) is -0.242. The standard InChI is InChI=1S/C14H18F3N/c1-13(2,3)18-9-14(16,17)8-12(18)10-5-4-6-11(15)7-10/h4-7,12H,8-9H2,1-3H3/t12-/m1/s1. The van der Waals surface area contributed by atoms with Crippen molar-refractivity contribution in [1.82, 2.24) is 4.90 Å². The van der Waals surface area contributed by atoms with Gasteiger partial charge in [-0.25, -0.2) is 13.2 Å². The molecule has 0 spiro atoms. The first-order valence-corrected chi connectivity index (χ1v) is 6.09. The first kappa shape index (κ1) is 13.4. The van der Waals surface area contributed by atoms with Gasteiger partial charge in [-0.1, -0.05) is 12.1 Å². The van der Waals surface area contributed by atoms with Crippen molar-refractivity contribution in [1.29, 1.82) is 0 Å². The summed E-state index contributed by atoms with van der Waals surface area (Å²) in [5.74, 6) is -3.08. The second-order valence-electron chi connectivity index (χ2n) is 5.93. The summed E-state index contributed by atoms with van der Waals surface area (Å²) in [6.45, 7) is 5.44. The van der Waals surface area contributed by atoms with E-state index in [1.165, 1.54) is 12.1 Å². The molecule has 0 aromatic heterocycles. The Morgan fingerprint density at radius 3 is 2.50 bits per heavy atom. The van der Waals surface area contributed by atoms with Gasteiger partial charge in [0.15, 0.2) is 0 Å². The first-order valence-electron chi connectivity index (χ1n) is 6.09. The van der Waals surface area contributed by atoms with Crippen LogP contribution in [0.2, 0.25) is 0 Å². The molecule has 18 heavy (non-hydrogen) atoms. The molecule has 0 saturated carbocycles. The van der Waals surface area contributed by atoms with E-state index < -0.39 is 12.0 Å². The van der Waals surface area contributed by atoms with E-state index in [9.17, 15) is 13.2 Å². The van der Waals surface area contributed by atoms with Gasteiger partial charge in [0, 0.05) is 18.0 Å². The molecule has 1 heterocycles. The van der Waals surface area contributed by atoms with Crippen LogP contribution in [0.4, 0.5) is 13.2 Å². The maximum absolute atomic E-state index is 13.6. The summed E-state index contributed by atoms with van der Waals surface area (Å²) < 4.78 is 40.5. The minimum Gasteiger partial charge on any atom is -0.285 e. The zero-order chi connectivity index (χ0) is 13.6. The Bertz CT molecular complexity index is 437. The molecule has 1 aromatic rings. The zero-order valence-electron chi connectivity index (χ0n) is 10.9. The van der Waals surface area contributed by atoms with Crippen molar-refractivity contribution in [2.45, 2.75) is 44.7 Å². The van der Waals surface area contributed by atoms with Crippen LogP contribution in [0, 0.1) is 5.82 Å². The Labute approximate surface area is 106 Å². The molecule has 0 aliphatic carbocycles. The molecule has 100 valence electrons. The molecule has 0 amide bonds. The SMILES string of the molecule is CC(C)(C)N1CC(F)(F)C[C@@H]1c1cccc(F)c1. The smallest absolute Gasteiger partial charge is 0.262 e. The lowest BCUT2D eigenvalue weighted by molar-refractivity contribution is 0.00136. The lowest BCUT2D eigenvalue weighted by Gasteiger charge is -2.36. The van der Waals surface area contributed by atoms with Gasteiger partial charge in [-0.3, -0.25) is 4.90 Å². The molecular formula is C14H18F3N. The number of halogens is 3. The van der Waals surface area contributed by atoms with Crippen LogP contribution in [0.15, 0.2) is 24.3 Å². The quantitative estimate of drug-likeness (QED) is 0.735. The zero-order valence-corrected chi connectivity index (χ0v) is 10.9. The lowest BCUT2D eigenvalue weighted by atomic mass is 9.99. The van der Waals surface area contributed by atoms with Crippen molar-refractivity contribution in [3.05, 3.63) is 35.6 Å². The summed E-state index contributed by atoms with van der Waals surface area (Å²) in [7, 11) is 0. The summed E-state index contributed by atoms with van der Waals surface area (Å²) in [4.78, 5) is 1.75. The third kappa shape index (κ3) is 2.69. The Morgan fingerprint density at radius 1 is 1.28 bits per heavy atom. The summed E-state index contributed by atoms with van der Waals surface area (Å²) in [5, 5.41) is 0. The predicted octanol–water partition coefficient (Wildman–Crippen LogP) is 4.01. The van der Waals surface area contributed by atoms with Crippen molar-refractivity contribution in [2.24, 2.45) is 0 Å². The molecule has 0 bridgehead atoms. The molecule has 0 unspecified atom stereocenters. The van der Waals surface area contributed by atoms with Crippen molar-refractivity contribution < 1.29 is 13.2 Å². The predicted molar refractivity (Wildman–Crippen MR) is 65.2 cm³/mol. The van der Waals surface area contributed by atoms with Crippen molar-refractivity contribution in [3.8, 4) is 0 Å². The van der Waals surface area contributed by atoms with Gasteiger partial charge in [-0.05, 0) is 38.5 Å². The number of rotatable bonds is 1. The number of hydrogen-bond acceptors (Lipinski definition) is 1. The molecule has 1 atom stereocenters. The van der Waals surface area contributed by atoms with E-state index >= 15 is 0 Å². The fourth-order valence-electron chi connectivity index (χ4n) is 2.53. The van der Waals surface area contributed by atoms with Gasteiger partial charge in [-0.15, -0.1) is 0 Å². The molecule has 1 aromatic carbocycles. The van der Waals surface area contributed by atoms with Gasteiger partial charge in [0.1, 0.15) is 5.82 Å². The fourth-order valence-corrected chi connectivity index (χ4v) is 2.53. The van der Waals surface area contributed by atoms with Gasteiger partial charge >= 0.3 is 0 Å². The number of hydrogen-bond donors (Lipinski definition) is 0. The highest BCUT2D eigenvalue weighted by Crippen LogP contribution is 2.44. The Balaban J connectivity index is 2.35. The molecule has 0 radical (unpaired) electrons. The maximum atomic E-state index is 13.6. The number of likely N-dealkylation sites (tertiary alicyclic amines) is 1. The monoisotopic (exact) mass is 257 g/mol. The second kappa shape index (κ2) is 4.26. The third-order valence-electron chi connectivity index (χ3n) is 3.36. The molecule has 1 saturated heterocycles. The fraction of sp³-hybridized carbons (Fsp3) is 0.571. The van der Waals surface area contributed by atoms with Crippen LogP contribution in [0.3, 0.4) is 0 Å². The van der Waals surface area contributed by atoms with Crippen LogP contribution in [0.25, 0.3) is 0 Å². The summed E-state index contributed by atoms with van der Waals surface area (Å²) in [5.41, 5.74) is 0.263. The third-order valence-corrected chi connectivity index (χ3v) is 3.36. The van der Waals surface area contributed by atoms with E-state index in [4.69, 9.17) is 0 Å². The highest BCUT2D eigenvalue weighted by Gasteiger charge is 2.48. The van der Waals surface area contributed by atoms with Crippen molar-refractivity contribution >= 4 is 0 Å². The van der Waals surface area contributed by atoms with Crippen molar-refractivity contribution in [3.63, 3.8) is 0 Å². The van der Waals surface area contributed by atoms with E-state index in [0.29, 0.717) is 5.56 Å². The number of alkyl halides is 2. The molecule has 1 fully saturated rings. The van der Waals surface area contributed by atoms with Crippen LogP contribution in [0.5, 0.6) is 0 Å². The highest BCUT2D eigenvalue weighted by atomic mass is 19.3. The first-order chi connectivity index (χ1) is 8.19. The summed E-state index contributed by atoms with van der Waals surface area (Å²) >= 11 is 0. The minimum atomic E-state index is -2.70. The van der Waals surface area contributed by atoms with E-state index in [-0.39, 0.29) is 24.3 Å². The Hall–Kier alpha value is -1.03. The van der Waals surface area contributed by atoms with E-state index in [2.05, 4.69) is 0 Å². The highest BCUT2D eigenvalue weighted by molar-refractivity contribution is 5.23. The van der Waals surface area contributed by atoms with Crippen LogP contribution in [-0.2, 0) is 0 Å². The minimum absolute atomic E-state index is 0.242. The molecule has 4 heteroatoms. The van der Waals surface area contributed by atoms with Crippen LogP contribution >= 0.6 is 0 Å². The van der Waals surface area contributed by atoms with Crippen molar-refractivity contribution in [2.75, 3.05) is 6.54 Å². The topological polar surface area (TPSA) is 3.24 Å². The van der Waals surface area contributed by atoms with Gasteiger partial charge in [0.2, 0.25) is 0 Å².